The molecule has 0 radical (unpaired) electrons. The average Bonchev–Trinajstić information content (AvgIpc) is 3.23. The maximum absolute atomic E-state index is 13.4. The molecule has 1 saturated carbocycles. The molecule has 2 aromatic heterocycles. The van der Waals surface area contributed by atoms with Gasteiger partial charge in [-0.05, 0) is 37.0 Å². The zero-order valence-electron chi connectivity index (χ0n) is 13.7. The van der Waals surface area contributed by atoms with Crippen LogP contribution < -0.4 is 0 Å². The third-order valence-corrected chi connectivity index (χ3v) is 5.90. The minimum atomic E-state index is -4.56. The van der Waals surface area contributed by atoms with E-state index in [-0.39, 0.29) is 5.65 Å². The van der Waals surface area contributed by atoms with Crippen molar-refractivity contribution in [3.63, 3.8) is 0 Å². The van der Waals surface area contributed by atoms with Crippen LogP contribution in [0.2, 0.25) is 0 Å². The van der Waals surface area contributed by atoms with E-state index in [4.69, 9.17) is 0 Å². The number of hydrogen-bond acceptors (Lipinski definition) is 4. The fourth-order valence-corrected chi connectivity index (χ4v) is 4.57. The number of benzene rings is 1. The Kier molecular flexibility index (Phi) is 4.10. The van der Waals surface area contributed by atoms with Crippen molar-refractivity contribution in [2.45, 2.75) is 55.5 Å². The molecule has 0 spiro atoms. The van der Waals surface area contributed by atoms with Crippen molar-refractivity contribution >= 4 is 28.4 Å². The number of fused-ring (bicyclic) bond motifs is 3. The van der Waals surface area contributed by atoms with Gasteiger partial charge in [0.2, 0.25) is 5.82 Å². The molecule has 1 aromatic carbocycles. The van der Waals surface area contributed by atoms with Gasteiger partial charge in [0.05, 0.1) is 11.0 Å². The highest BCUT2D eigenvalue weighted by atomic mass is 32.2. The van der Waals surface area contributed by atoms with E-state index >= 15 is 0 Å². The Labute approximate surface area is 146 Å². The van der Waals surface area contributed by atoms with E-state index < -0.39 is 12.0 Å². The number of halogens is 3. The van der Waals surface area contributed by atoms with Gasteiger partial charge in [0, 0.05) is 5.25 Å². The summed E-state index contributed by atoms with van der Waals surface area (Å²) in [4.78, 5) is 4.61. The molecule has 25 heavy (non-hydrogen) atoms. The van der Waals surface area contributed by atoms with E-state index in [2.05, 4.69) is 15.2 Å². The van der Waals surface area contributed by atoms with E-state index in [0.717, 1.165) is 42.1 Å². The lowest BCUT2D eigenvalue weighted by Crippen LogP contribution is -2.12. The Morgan fingerprint density at radius 2 is 1.96 bits per heavy atom. The van der Waals surface area contributed by atoms with Gasteiger partial charge < -0.3 is 0 Å². The second kappa shape index (κ2) is 6.16. The molecule has 0 N–H and O–H groups in total. The molecule has 1 fully saturated rings. The normalized spacial score (nSPS) is 16.3. The van der Waals surface area contributed by atoms with Crippen molar-refractivity contribution < 1.29 is 13.2 Å². The summed E-state index contributed by atoms with van der Waals surface area (Å²) in [6.45, 7) is 1.97. The molecule has 132 valence electrons. The third kappa shape index (κ3) is 2.96. The minimum Gasteiger partial charge on any atom is -0.267 e. The van der Waals surface area contributed by atoms with Crippen LogP contribution in [0, 0.1) is 0 Å². The van der Waals surface area contributed by atoms with Gasteiger partial charge in [-0.15, -0.1) is 10.2 Å². The second-order valence-electron chi connectivity index (χ2n) is 6.30. The van der Waals surface area contributed by atoms with Crippen LogP contribution >= 0.6 is 11.8 Å². The number of nitrogens with zero attached hydrogens (tertiary/aromatic N) is 4. The fourth-order valence-electron chi connectivity index (χ4n) is 3.30. The molecule has 0 bridgehead atoms. The van der Waals surface area contributed by atoms with Gasteiger partial charge in [-0.25, -0.2) is 4.98 Å². The van der Waals surface area contributed by atoms with Crippen LogP contribution in [-0.2, 0) is 12.6 Å². The molecule has 2 heterocycles. The number of rotatable bonds is 3. The first-order valence-corrected chi connectivity index (χ1v) is 9.27. The summed E-state index contributed by atoms with van der Waals surface area (Å²) >= 11 is 1.53. The molecule has 4 nitrogen and oxygen atoms in total. The van der Waals surface area contributed by atoms with Crippen LogP contribution in [0.4, 0.5) is 13.2 Å². The van der Waals surface area contributed by atoms with Gasteiger partial charge in [0.15, 0.2) is 5.65 Å². The minimum absolute atomic E-state index is 0.199. The Bertz CT molecular complexity index is 929. The first kappa shape index (κ1) is 16.6. The molecular formula is C17H17F3N4S. The monoisotopic (exact) mass is 366 g/mol. The Morgan fingerprint density at radius 3 is 2.64 bits per heavy atom. The molecule has 1 aliphatic carbocycles. The maximum Gasteiger partial charge on any atom is 0.452 e. The van der Waals surface area contributed by atoms with Gasteiger partial charge in [-0.1, -0.05) is 37.6 Å². The van der Waals surface area contributed by atoms with E-state index in [1.807, 2.05) is 13.0 Å². The lowest BCUT2D eigenvalue weighted by atomic mass is 10.1. The fraction of sp³-hybridized carbons (Fsp3) is 0.471. The summed E-state index contributed by atoms with van der Waals surface area (Å²) in [6.07, 6.45) is 0.603. The van der Waals surface area contributed by atoms with E-state index in [1.165, 1.54) is 11.8 Å². The zero-order chi connectivity index (χ0) is 17.6. The highest BCUT2D eigenvalue weighted by molar-refractivity contribution is 8.00. The number of aryl methyl sites for hydroxylation is 1. The largest absolute Gasteiger partial charge is 0.452 e. The van der Waals surface area contributed by atoms with Crippen molar-refractivity contribution in [3.8, 4) is 0 Å². The molecule has 1 aliphatic rings. The van der Waals surface area contributed by atoms with Gasteiger partial charge >= 0.3 is 6.18 Å². The summed E-state index contributed by atoms with van der Waals surface area (Å²) in [5.74, 6) is -0.989. The van der Waals surface area contributed by atoms with Gasteiger partial charge in [-0.3, -0.25) is 4.40 Å². The quantitative estimate of drug-likeness (QED) is 0.662. The maximum atomic E-state index is 13.4. The van der Waals surface area contributed by atoms with Crippen molar-refractivity contribution in [1.82, 2.24) is 19.6 Å². The van der Waals surface area contributed by atoms with Crippen molar-refractivity contribution in [3.05, 3.63) is 29.6 Å². The first-order chi connectivity index (χ1) is 12.0. The molecule has 4 rings (SSSR count). The molecule has 0 atom stereocenters. The SMILES string of the molecule is CCc1ccc2nc(SC3CCCC3)c3nnc(C(F)(F)F)n3c2c1. The number of hydrogen-bond donors (Lipinski definition) is 0. The van der Waals surface area contributed by atoms with Crippen LogP contribution in [-0.4, -0.2) is 24.8 Å². The number of alkyl halides is 3. The summed E-state index contributed by atoms with van der Waals surface area (Å²) in [7, 11) is 0. The van der Waals surface area contributed by atoms with Crippen LogP contribution in [0.5, 0.6) is 0 Å². The molecule has 0 saturated heterocycles. The highest BCUT2D eigenvalue weighted by Gasteiger charge is 2.38. The Morgan fingerprint density at radius 1 is 1.20 bits per heavy atom. The van der Waals surface area contributed by atoms with Crippen LogP contribution in [0.25, 0.3) is 16.7 Å². The molecule has 0 aliphatic heterocycles. The van der Waals surface area contributed by atoms with Crippen LogP contribution in [0.1, 0.15) is 44.0 Å². The van der Waals surface area contributed by atoms with Crippen molar-refractivity contribution in [2.24, 2.45) is 0 Å². The molecule has 8 heteroatoms. The summed E-state index contributed by atoms with van der Waals surface area (Å²) in [6, 6.07) is 5.44. The van der Waals surface area contributed by atoms with Crippen molar-refractivity contribution in [2.75, 3.05) is 0 Å². The Balaban J connectivity index is 1.98. The van der Waals surface area contributed by atoms with Crippen LogP contribution in [0.3, 0.4) is 0 Å². The first-order valence-electron chi connectivity index (χ1n) is 8.39. The second-order valence-corrected chi connectivity index (χ2v) is 7.59. The number of aromatic nitrogens is 4. The molecule has 3 aromatic rings. The average molecular weight is 366 g/mol. The van der Waals surface area contributed by atoms with E-state index in [1.54, 1.807) is 12.1 Å². The predicted octanol–water partition coefficient (Wildman–Crippen LogP) is 4.89. The standard InChI is InChI=1S/C17H17F3N4S/c1-2-10-7-8-12-13(9-10)24-14(22-23-16(24)17(18,19)20)15(21-12)25-11-5-3-4-6-11/h7-9,11H,2-6H2,1H3. The summed E-state index contributed by atoms with van der Waals surface area (Å²) in [5, 5.41) is 8.20. The van der Waals surface area contributed by atoms with Crippen LogP contribution in [0.15, 0.2) is 23.2 Å². The molecular weight excluding hydrogens is 349 g/mol. The zero-order valence-corrected chi connectivity index (χ0v) is 14.5. The third-order valence-electron chi connectivity index (χ3n) is 4.60. The molecule has 0 unspecified atom stereocenters. The lowest BCUT2D eigenvalue weighted by molar-refractivity contribution is -0.145. The van der Waals surface area contributed by atoms with E-state index in [0.29, 0.717) is 21.3 Å². The topological polar surface area (TPSA) is 43.1 Å². The summed E-state index contributed by atoms with van der Waals surface area (Å²) < 4.78 is 41.5. The Hall–Kier alpha value is -1.83. The predicted molar refractivity (Wildman–Crippen MR) is 90.8 cm³/mol. The lowest BCUT2D eigenvalue weighted by Gasteiger charge is -2.12. The number of thioether (sulfide) groups is 1. The highest BCUT2D eigenvalue weighted by Crippen LogP contribution is 2.38. The van der Waals surface area contributed by atoms with E-state index in [9.17, 15) is 13.2 Å². The summed E-state index contributed by atoms with van der Waals surface area (Å²) in [5.41, 5.74) is 2.09. The van der Waals surface area contributed by atoms with Gasteiger partial charge in [0.1, 0.15) is 5.03 Å². The van der Waals surface area contributed by atoms with Crippen molar-refractivity contribution in [1.29, 1.82) is 0 Å². The smallest absolute Gasteiger partial charge is 0.267 e. The van der Waals surface area contributed by atoms with Gasteiger partial charge in [-0.2, -0.15) is 13.2 Å². The van der Waals surface area contributed by atoms with Gasteiger partial charge in [0.25, 0.3) is 0 Å². The molecule has 0 amide bonds.